The van der Waals surface area contributed by atoms with E-state index in [4.69, 9.17) is 5.73 Å². The molecule has 0 aliphatic heterocycles. The van der Waals surface area contributed by atoms with Crippen molar-refractivity contribution >= 4 is 10.0 Å². The van der Waals surface area contributed by atoms with Gasteiger partial charge in [-0.15, -0.1) is 0 Å². The van der Waals surface area contributed by atoms with Crippen LogP contribution in [0, 0.1) is 0 Å². The summed E-state index contributed by atoms with van der Waals surface area (Å²) in [4.78, 5) is 0.319. The molecule has 0 atom stereocenters. The first-order valence-electron chi connectivity index (χ1n) is 6.34. The van der Waals surface area contributed by atoms with Gasteiger partial charge < -0.3 is 5.73 Å². The predicted octanol–water partition coefficient (Wildman–Crippen LogP) is 1.76. The van der Waals surface area contributed by atoms with E-state index in [1.165, 1.54) is 0 Å². The highest BCUT2D eigenvalue weighted by atomic mass is 32.2. The van der Waals surface area contributed by atoms with E-state index >= 15 is 0 Å². The lowest BCUT2D eigenvalue weighted by atomic mass is 9.76. The average Bonchev–Trinajstić information content (AvgIpc) is 2.34. The Kier molecular flexibility index (Phi) is 3.75. The molecule has 0 saturated heterocycles. The number of hydrogen-bond donors (Lipinski definition) is 2. The van der Waals surface area contributed by atoms with E-state index in [-0.39, 0.29) is 5.54 Å². The Hall–Kier alpha value is -0.910. The van der Waals surface area contributed by atoms with Gasteiger partial charge in [-0.1, -0.05) is 19.1 Å². The van der Waals surface area contributed by atoms with Gasteiger partial charge in [-0.25, -0.2) is 13.1 Å². The van der Waals surface area contributed by atoms with Crippen molar-refractivity contribution in [3.8, 4) is 0 Å². The molecule has 4 nitrogen and oxygen atoms in total. The third kappa shape index (κ3) is 2.58. The Balaban J connectivity index is 2.19. The fraction of sp³-hybridized carbons (Fsp3) is 0.538. The van der Waals surface area contributed by atoms with Gasteiger partial charge in [0, 0.05) is 12.1 Å². The van der Waals surface area contributed by atoms with Crippen LogP contribution in [-0.4, -0.2) is 14.0 Å². The van der Waals surface area contributed by atoms with Gasteiger partial charge in [-0.05, 0) is 43.4 Å². The molecule has 18 heavy (non-hydrogen) atoms. The molecule has 100 valence electrons. The van der Waals surface area contributed by atoms with E-state index in [0.717, 1.165) is 31.2 Å². The molecule has 1 aliphatic rings. The minimum absolute atomic E-state index is 0.217. The number of rotatable bonds is 5. The first kappa shape index (κ1) is 13.5. The van der Waals surface area contributed by atoms with Gasteiger partial charge >= 0.3 is 0 Å². The Bertz CT molecular complexity index is 499. The maximum absolute atomic E-state index is 12.3. The van der Waals surface area contributed by atoms with Crippen LogP contribution in [0.15, 0.2) is 29.2 Å². The van der Waals surface area contributed by atoms with E-state index in [2.05, 4.69) is 4.72 Å². The minimum Gasteiger partial charge on any atom is -0.326 e. The van der Waals surface area contributed by atoms with Crippen molar-refractivity contribution in [1.29, 1.82) is 0 Å². The fourth-order valence-corrected chi connectivity index (χ4v) is 3.81. The van der Waals surface area contributed by atoms with Crippen LogP contribution >= 0.6 is 0 Å². The summed E-state index contributed by atoms with van der Waals surface area (Å²) in [5.41, 5.74) is 6.21. The SMILES string of the molecule is CCC1(NS(=O)(=O)c2ccc(CN)cc2)CCC1. The average molecular weight is 268 g/mol. The number of benzene rings is 1. The molecule has 0 amide bonds. The lowest BCUT2D eigenvalue weighted by Gasteiger charge is -2.41. The van der Waals surface area contributed by atoms with Gasteiger partial charge in [0.15, 0.2) is 0 Å². The Morgan fingerprint density at radius 1 is 1.28 bits per heavy atom. The van der Waals surface area contributed by atoms with Crippen molar-refractivity contribution < 1.29 is 8.42 Å². The second-order valence-electron chi connectivity index (χ2n) is 4.94. The maximum Gasteiger partial charge on any atom is 0.241 e. The first-order chi connectivity index (χ1) is 8.51. The van der Waals surface area contributed by atoms with Gasteiger partial charge in [0.25, 0.3) is 0 Å². The molecule has 1 aliphatic carbocycles. The second-order valence-corrected chi connectivity index (χ2v) is 6.62. The van der Waals surface area contributed by atoms with E-state index in [0.29, 0.717) is 11.4 Å². The summed E-state index contributed by atoms with van der Waals surface area (Å²) in [6, 6.07) is 6.75. The Morgan fingerprint density at radius 2 is 1.89 bits per heavy atom. The van der Waals surface area contributed by atoms with Crippen molar-refractivity contribution in [3.05, 3.63) is 29.8 Å². The van der Waals surface area contributed by atoms with Crippen LogP contribution in [0.4, 0.5) is 0 Å². The molecule has 3 N–H and O–H groups in total. The molecule has 1 aromatic carbocycles. The summed E-state index contributed by atoms with van der Waals surface area (Å²) >= 11 is 0. The summed E-state index contributed by atoms with van der Waals surface area (Å²) in [7, 11) is -3.41. The molecule has 0 heterocycles. The summed E-state index contributed by atoms with van der Waals surface area (Å²) < 4.78 is 27.4. The third-order valence-electron chi connectivity index (χ3n) is 3.81. The summed E-state index contributed by atoms with van der Waals surface area (Å²) in [5, 5.41) is 0. The largest absolute Gasteiger partial charge is 0.326 e. The normalized spacial score (nSPS) is 18.3. The highest BCUT2D eigenvalue weighted by Gasteiger charge is 2.38. The van der Waals surface area contributed by atoms with Gasteiger partial charge in [-0.3, -0.25) is 0 Å². The van der Waals surface area contributed by atoms with Crippen molar-refractivity contribution in [1.82, 2.24) is 4.72 Å². The van der Waals surface area contributed by atoms with Crippen LogP contribution in [0.2, 0.25) is 0 Å². The molecule has 1 aromatic rings. The van der Waals surface area contributed by atoms with E-state index in [1.54, 1.807) is 24.3 Å². The molecule has 0 aromatic heterocycles. The third-order valence-corrected chi connectivity index (χ3v) is 5.40. The zero-order chi connectivity index (χ0) is 13.2. The topological polar surface area (TPSA) is 72.2 Å². The minimum atomic E-state index is -3.41. The lowest BCUT2D eigenvalue weighted by Crippen LogP contribution is -2.52. The van der Waals surface area contributed by atoms with Crippen molar-refractivity contribution in [3.63, 3.8) is 0 Å². The number of nitrogens with one attached hydrogen (secondary N) is 1. The maximum atomic E-state index is 12.3. The van der Waals surface area contributed by atoms with Gasteiger partial charge in [-0.2, -0.15) is 0 Å². The summed E-state index contributed by atoms with van der Waals surface area (Å²) in [5.74, 6) is 0. The zero-order valence-electron chi connectivity index (χ0n) is 10.6. The molecular weight excluding hydrogens is 248 g/mol. The number of sulfonamides is 1. The van der Waals surface area contributed by atoms with Crippen LogP contribution < -0.4 is 10.5 Å². The van der Waals surface area contributed by atoms with E-state index in [9.17, 15) is 8.42 Å². The van der Waals surface area contributed by atoms with Crippen LogP contribution in [0.25, 0.3) is 0 Å². The van der Waals surface area contributed by atoms with Crippen molar-refractivity contribution in [2.24, 2.45) is 5.73 Å². The molecule has 0 spiro atoms. The lowest BCUT2D eigenvalue weighted by molar-refractivity contribution is 0.214. The molecule has 0 radical (unpaired) electrons. The monoisotopic (exact) mass is 268 g/mol. The molecule has 0 unspecified atom stereocenters. The highest BCUT2D eigenvalue weighted by molar-refractivity contribution is 7.89. The molecule has 2 rings (SSSR count). The second kappa shape index (κ2) is 4.99. The van der Waals surface area contributed by atoms with Crippen LogP contribution in [0.1, 0.15) is 38.2 Å². The number of hydrogen-bond acceptors (Lipinski definition) is 3. The number of nitrogens with two attached hydrogens (primary N) is 1. The van der Waals surface area contributed by atoms with Crippen molar-refractivity contribution in [2.45, 2.75) is 49.6 Å². The van der Waals surface area contributed by atoms with Crippen LogP contribution in [-0.2, 0) is 16.6 Å². The predicted molar refractivity (Wildman–Crippen MR) is 71.5 cm³/mol. The molecule has 1 saturated carbocycles. The standard InChI is InChI=1S/C13H20N2O2S/c1-2-13(8-3-9-13)15-18(16,17)12-6-4-11(10-14)5-7-12/h4-7,15H,2-3,8-10,14H2,1H3. The van der Waals surface area contributed by atoms with Crippen LogP contribution in [0.5, 0.6) is 0 Å². The van der Waals surface area contributed by atoms with Gasteiger partial charge in [0.05, 0.1) is 4.90 Å². The molecule has 0 bridgehead atoms. The zero-order valence-corrected chi connectivity index (χ0v) is 11.5. The Morgan fingerprint density at radius 3 is 2.28 bits per heavy atom. The van der Waals surface area contributed by atoms with Crippen LogP contribution in [0.3, 0.4) is 0 Å². The smallest absolute Gasteiger partial charge is 0.241 e. The van der Waals surface area contributed by atoms with E-state index < -0.39 is 10.0 Å². The summed E-state index contributed by atoms with van der Waals surface area (Å²) in [6.45, 7) is 2.45. The van der Waals surface area contributed by atoms with Gasteiger partial charge in [0.2, 0.25) is 10.0 Å². The fourth-order valence-electron chi connectivity index (χ4n) is 2.28. The molecule has 5 heteroatoms. The molecular formula is C13H20N2O2S. The molecule has 1 fully saturated rings. The summed E-state index contributed by atoms with van der Waals surface area (Å²) in [6.07, 6.45) is 3.81. The first-order valence-corrected chi connectivity index (χ1v) is 7.83. The van der Waals surface area contributed by atoms with Gasteiger partial charge in [0.1, 0.15) is 0 Å². The highest BCUT2D eigenvalue weighted by Crippen LogP contribution is 2.36. The quantitative estimate of drug-likeness (QED) is 0.854. The van der Waals surface area contributed by atoms with Crippen molar-refractivity contribution in [2.75, 3.05) is 0 Å². The Labute approximate surface area is 109 Å². The van der Waals surface area contributed by atoms with E-state index in [1.807, 2.05) is 6.92 Å².